The summed E-state index contributed by atoms with van der Waals surface area (Å²) < 4.78 is 1.83. The minimum Gasteiger partial charge on any atom is -0.399 e. The van der Waals surface area contributed by atoms with Gasteiger partial charge in [0, 0.05) is 23.6 Å². The number of aryl methyl sites for hydroxylation is 1. The van der Waals surface area contributed by atoms with Crippen LogP contribution >= 0.6 is 0 Å². The highest BCUT2D eigenvalue weighted by Gasteiger charge is 2.05. The number of anilines is 1. The number of rotatable bonds is 2. The van der Waals surface area contributed by atoms with Gasteiger partial charge >= 0.3 is 0 Å². The average molecular weight is 250 g/mol. The van der Waals surface area contributed by atoms with E-state index in [9.17, 15) is 0 Å². The predicted octanol–water partition coefficient (Wildman–Crippen LogP) is 2.82. The first kappa shape index (κ1) is 11.5. The van der Waals surface area contributed by atoms with Gasteiger partial charge < -0.3 is 5.73 Å². The number of hydrogen-bond donors (Lipinski definition) is 1. The minimum atomic E-state index is 0.753. The second-order valence-electron chi connectivity index (χ2n) is 4.46. The number of nitrogens with two attached hydrogens (primary N) is 1. The zero-order valence-corrected chi connectivity index (χ0v) is 10.6. The maximum absolute atomic E-state index is 5.80. The molecule has 2 heterocycles. The van der Waals surface area contributed by atoms with Gasteiger partial charge in [0.05, 0.1) is 18.1 Å². The maximum atomic E-state index is 5.80. The van der Waals surface area contributed by atoms with E-state index < -0.39 is 0 Å². The van der Waals surface area contributed by atoms with Crippen LogP contribution in [0.5, 0.6) is 0 Å². The van der Waals surface area contributed by atoms with E-state index in [1.807, 2.05) is 60.5 Å². The topological polar surface area (TPSA) is 56.7 Å². The van der Waals surface area contributed by atoms with Crippen LogP contribution in [0, 0.1) is 6.92 Å². The Bertz CT molecular complexity index is 715. The highest BCUT2D eigenvalue weighted by atomic mass is 15.3. The molecular formula is C15H14N4. The second-order valence-corrected chi connectivity index (χ2v) is 4.46. The molecule has 3 aromatic rings. The molecule has 0 unspecified atom stereocenters. The Morgan fingerprint density at radius 3 is 2.79 bits per heavy atom. The van der Waals surface area contributed by atoms with E-state index in [0.717, 1.165) is 28.1 Å². The molecule has 0 saturated carbocycles. The zero-order chi connectivity index (χ0) is 13.2. The molecule has 19 heavy (non-hydrogen) atoms. The van der Waals surface area contributed by atoms with Gasteiger partial charge in [-0.05, 0) is 36.2 Å². The molecule has 0 radical (unpaired) electrons. The SMILES string of the molecule is Cc1ccncc1-n1cc(-c2cccc(N)c2)cn1. The molecule has 0 saturated heterocycles. The van der Waals surface area contributed by atoms with E-state index in [2.05, 4.69) is 10.1 Å². The molecule has 0 amide bonds. The summed E-state index contributed by atoms with van der Waals surface area (Å²) in [7, 11) is 0. The van der Waals surface area contributed by atoms with Crippen molar-refractivity contribution in [1.29, 1.82) is 0 Å². The van der Waals surface area contributed by atoms with E-state index in [4.69, 9.17) is 5.73 Å². The molecular weight excluding hydrogens is 236 g/mol. The quantitative estimate of drug-likeness (QED) is 0.711. The molecule has 0 atom stereocenters. The van der Waals surface area contributed by atoms with Crippen molar-refractivity contribution in [3.8, 4) is 16.8 Å². The van der Waals surface area contributed by atoms with Gasteiger partial charge in [-0.2, -0.15) is 5.10 Å². The third kappa shape index (κ3) is 2.20. The molecule has 4 heteroatoms. The maximum Gasteiger partial charge on any atom is 0.0858 e. The van der Waals surface area contributed by atoms with Gasteiger partial charge in [0.15, 0.2) is 0 Å². The van der Waals surface area contributed by atoms with Crippen LogP contribution in [0.1, 0.15) is 5.56 Å². The van der Waals surface area contributed by atoms with Crippen molar-refractivity contribution < 1.29 is 0 Å². The van der Waals surface area contributed by atoms with Crippen LogP contribution in [0.4, 0.5) is 5.69 Å². The third-order valence-electron chi connectivity index (χ3n) is 3.06. The lowest BCUT2D eigenvalue weighted by Crippen LogP contribution is -1.97. The molecule has 0 aliphatic carbocycles. The Morgan fingerprint density at radius 1 is 1.11 bits per heavy atom. The van der Waals surface area contributed by atoms with Crippen molar-refractivity contribution in [3.05, 3.63) is 60.7 Å². The Morgan fingerprint density at radius 2 is 2.00 bits per heavy atom. The van der Waals surface area contributed by atoms with Crippen molar-refractivity contribution >= 4 is 5.69 Å². The summed E-state index contributed by atoms with van der Waals surface area (Å²) in [5.74, 6) is 0. The predicted molar refractivity (Wildman–Crippen MR) is 75.9 cm³/mol. The Balaban J connectivity index is 2.03. The highest BCUT2D eigenvalue weighted by molar-refractivity contribution is 5.66. The Kier molecular flexibility index (Phi) is 2.76. The van der Waals surface area contributed by atoms with Crippen LogP contribution in [-0.4, -0.2) is 14.8 Å². The van der Waals surface area contributed by atoms with Crippen LogP contribution in [0.15, 0.2) is 55.1 Å². The number of aromatic nitrogens is 3. The fourth-order valence-corrected chi connectivity index (χ4v) is 2.02. The van der Waals surface area contributed by atoms with Gasteiger partial charge in [0.2, 0.25) is 0 Å². The van der Waals surface area contributed by atoms with E-state index in [0.29, 0.717) is 0 Å². The van der Waals surface area contributed by atoms with Crippen molar-refractivity contribution in [3.63, 3.8) is 0 Å². The number of pyridine rings is 1. The fraction of sp³-hybridized carbons (Fsp3) is 0.0667. The normalized spacial score (nSPS) is 10.6. The van der Waals surface area contributed by atoms with Gasteiger partial charge in [0.25, 0.3) is 0 Å². The van der Waals surface area contributed by atoms with E-state index in [1.165, 1.54) is 0 Å². The van der Waals surface area contributed by atoms with Crippen LogP contribution < -0.4 is 5.73 Å². The number of nitrogen functional groups attached to an aromatic ring is 1. The summed E-state index contributed by atoms with van der Waals surface area (Å²) in [6, 6.07) is 9.75. The van der Waals surface area contributed by atoms with Crippen LogP contribution in [0.2, 0.25) is 0 Å². The molecule has 1 aromatic carbocycles. The lowest BCUT2D eigenvalue weighted by Gasteiger charge is -2.03. The lowest BCUT2D eigenvalue weighted by atomic mass is 10.1. The van der Waals surface area contributed by atoms with Crippen LogP contribution in [0.3, 0.4) is 0 Å². The van der Waals surface area contributed by atoms with Crippen molar-refractivity contribution in [2.75, 3.05) is 5.73 Å². The van der Waals surface area contributed by atoms with E-state index in [-0.39, 0.29) is 0 Å². The van der Waals surface area contributed by atoms with Gasteiger partial charge in [-0.25, -0.2) is 4.68 Å². The number of nitrogens with zero attached hydrogens (tertiary/aromatic N) is 3. The largest absolute Gasteiger partial charge is 0.399 e. The standard InChI is InChI=1S/C15H14N4/c1-11-5-6-17-9-15(11)19-10-13(8-18-19)12-3-2-4-14(16)7-12/h2-10H,16H2,1H3. The number of benzene rings is 1. The molecule has 4 nitrogen and oxygen atoms in total. The summed E-state index contributed by atoms with van der Waals surface area (Å²) in [5.41, 5.74) is 10.8. The molecule has 2 N–H and O–H groups in total. The lowest BCUT2D eigenvalue weighted by molar-refractivity contribution is 0.865. The van der Waals surface area contributed by atoms with Crippen LogP contribution in [-0.2, 0) is 0 Å². The second kappa shape index (κ2) is 4.57. The van der Waals surface area contributed by atoms with Crippen molar-refractivity contribution in [2.45, 2.75) is 6.92 Å². The summed E-state index contributed by atoms with van der Waals surface area (Å²) in [4.78, 5) is 4.14. The Hall–Kier alpha value is -2.62. The highest BCUT2D eigenvalue weighted by Crippen LogP contribution is 2.22. The molecule has 2 aromatic heterocycles. The fourth-order valence-electron chi connectivity index (χ4n) is 2.02. The summed E-state index contributed by atoms with van der Waals surface area (Å²) in [6.07, 6.45) is 7.41. The van der Waals surface area contributed by atoms with Crippen molar-refractivity contribution in [2.24, 2.45) is 0 Å². The van der Waals surface area contributed by atoms with E-state index in [1.54, 1.807) is 6.20 Å². The summed E-state index contributed by atoms with van der Waals surface area (Å²) in [5, 5.41) is 4.39. The molecule has 0 fully saturated rings. The third-order valence-corrected chi connectivity index (χ3v) is 3.06. The van der Waals surface area contributed by atoms with Crippen molar-refractivity contribution in [1.82, 2.24) is 14.8 Å². The summed E-state index contributed by atoms with van der Waals surface area (Å²) >= 11 is 0. The molecule has 0 aliphatic rings. The van der Waals surface area contributed by atoms with Gasteiger partial charge in [-0.15, -0.1) is 0 Å². The molecule has 3 rings (SSSR count). The average Bonchev–Trinajstić information content (AvgIpc) is 2.89. The smallest absolute Gasteiger partial charge is 0.0858 e. The first-order chi connectivity index (χ1) is 9.24. The van der Waals surface area contributed by atoms with Gasteiger partial charge in [0.1, 0.15) is 0 Å². The monoisotopic (exact) mass is 250 g/mol. The summed E-state index contributed by atoms with van der Waals surface area (Å²) in [6.45, 7) is 2.04. The van der Waals surface area contributed by atoms with Gasteiger partial charge in [-0.1, -0.05) is 12.1 Å². The van der Waals surface area contributed by atoms with E-state index >= 15 is 0 Å². The van der Waals surface area contributed by atoms with Gasteiger partial charge in [-0.3, -0.25) is 4.98 Å². The molecule has 0 spiro atoms. The Labute approximate surface area is 111 Å². The first-order valence-corrected chi connectivity index (χ1v) is 6.05. The zero-order valence-electron chi connectivity index (χ0n) is 10.6. The number of hydrogen-bond acceptors (Lipinski definition) is 3. The molecule has 0 aliphatic heterocycles. The van der Waals surface area contributed by atoms with Crippen LogP contribution in [0.25, 0.3) is 16.8 Å². The minimum absolute atomic E-state index is 0.753. The first-order valence-electron chi connectivity index (χ1n) is 6.05. The molecule has 0 bridgehead atoms. The molecule has 94 valence electrons.